The molecule has 1 amide bonds. The van der Waals surface area contributed by atoms with Crippen LogP contribution in [0.25, 0.3) is 0 Å². The van der Waals surface area contributed by atoms with Crippen molar-refractivity contribution in [3.05, 3.63) is 58.1 Å². The Morgan fingerprint density at radius 2 is 1.96 bits per heavy atom. The lowest BCUT2D eigenvalue weighted by molar-refractivity contribution is -0.122. The van der Waals surface area contributed by atoms with Crippen LogP contribution in [0.1, 0.15) is 30.0 Å². The summed E-state index contributed by atoms with van der Waals surface area (Å²) in [5, 5.41) is 3.54. The fourth-order valence-corrected chi connectivity index (χ4v) is 2.44. The van der Waals surface area contributed by atoms with Gasteiger partial charge in [0.1, 0.15) is 5.75 Å². The molecule has 2 rings (SSSR count). The highest BCUT2D eigenvalue weighted by molar-refractivity contribution is 6.31. The maximum absolute atomic E-state index is 12.5. The molecule has 122 valence electrons. The molecule has 0 saturated carbocycles. The molecular weight excluding hydrogens is 310 g/mol. The summed E-state index contributed by atoms with van der Waals surface area (Å²) in [5.41, 5.74) is 3.68. The van der Waals surface area contributed by atoms with Crippen LogP contribution < -0.4 is 10.1 Å². The van der Waals surface area contributed by atoms with E-state index in [0.29, 0.717) is 17.1 Å². The first-order valence-electron chi connectivity index (χ1n) is 7.72. The second kappa shape index (κ2) is 7.51. The van der Waals surface area contributed by atoms with Gasteiger partial charge in [-0.1, -0.05) is 36.7 Å². The van der Waals surface area contributed by atoms with Crippen molar-refractivity contribution in [3.63, 3.8) is 0 Å². The van der Waals surface area contributed by atoms with E-state index in [1.165, 1.54) is 0 Å². The predicted molar refractivity (Wildman–Crippen MR) is 95.4 cm³/mol. The third kappa shape index (κ3) is 4.26. The predicted octanol–water partition coefficient (Wildman–Crippen LogP) is 5.06. The molecule has 0 aliphatic carbocycles. The van der Waals surface area contributed by atoms with E-state index in [-0.39, 0.29) is 5.91 Å². The third-order valence-electron chi connectivity index (χ3n) is 3.80. The number of anilines is 1. The Balaban J connectivity index is 2.15. The van der Waals surface area contributed by atoms with Gasteiger partial charge in [-0.25, -0.2) is 0 Å². The largest absolute Gasteiger partial charge is 0.480 e. The number of aryl methyl sites for hydroxylation is 2. The van der Waals surface area contributed by atoms with Gasteiger partial charge < -0.3 is 10.1 Å². The summed E-state index contributed by atoms with van der Waals surface area (Å²) in [7, 11) is 0. The number of hydrogen-bond donors (Lipinski definition) is 1. The molecule has 0 radical (unpaired) electrons. The van der Waals surface area contributed by atoms with E-state index in [0.717, 1.165) is 22.4 Å². The van der Waals surface area contributed by atoms with Gasteiger partial charge in [-0.3, -0.25) is 4.79 Å². The van der Waals surface area contributed by atoms with Gasteiger partial charge in [0.15, 0.2) is 6.10 Å². The molecule has 1 atom stereocenters. The zero-order valence-corrected chi connectivity index (χ0v) is 14.7. The van der Waals surface area contributed by atoms with E-state index in [1.54, 1.807) is 6.07 Å². The molecule has 0 bridgehead atoms. The summed E-state index contributed by atoms with van der Waals surface area (Å²) in [4.78, 5) is 12.5. The number of nitrogens with one attached hydrogen (secondary N) is 1. The van der Waals surface area contributed by atoms with Gasteiger partial charge in [-0.05, 0) is 62.1 Å². The number of halogens is 1. The highest BCUT2D eigenvalue weighted by atomic mass is 35.5. The van der Waals surface area contributed by atoms with Crippen LogP contribution >= 0.6 is 11.6 Å². The number of carbonyl (C=O) groups excluding carboxylic acids is 1. The van der Waals surface area contributed by atoms with Crippen molar-refractivity contribution in [1.82, 2.24) is 0 Å². The van der Waals surface area contributed by atoms with E-state index in [9.17, 15) is 4.79 Å². The fourth-order valence-electron chi connectivity index (χ4n) is 2.27. The zero-order valence-electron chi connectivity index (χ0n) is 13.9. The van der Waals surface area contributed by atoms with Crippen molar-refractivity contribution in [2.45, 2.75) is 40.2 Å². The average molecular weight is 332 g/mol. The monoisotopic (exact) mass is 331 g/mol. The fraction of sp³-hybridized carbons (Fsp3) is 0.316. The molecule has 0 aromatic heterocycles. The van der Waals surface area contributed by atoms with Crippen molar-refractivity contribution in [2.24, 2.45) is 0 Å². The molecule has 3 nitrogen and oxygen atoms in total. The van der Waals surface area contributed by atoms with Gasteiger partial charge in [0.2, 0.25) is 0 Å². The van der Waals surface area contributed by atoms with E-state index < -0.39 is 6.10 Å². The Morgan fingerprint density at radius 3 is 2.65 bits per heavy atom. The summed E-state index contributed by atoms with van der Waals surface area (Å²) < 4.78 is 5.93. The minimum Gasteiger partial charge on any atom is -0.480 e. The van der Waals surface area contributed by atoms with Crippen LogP contribution in [-0.4, -0.2) is 12.0 Å². The smallest absolute Gasteiger partial charge is 0.265 e. The Labute approximate surface area is 142 Å². The molecular formula is C19H22ClNO2. The maximum Gasteiger partial charge on any atom is 0.265 e. The van der Waals surface area contributed by atoms with E-state index in [2.05, 4.69) is 5.32 Å². The van der Waals surface area contributed by atoms with Gasteiger partial charge in [0.25, 0.3) is 5.91 Å². The Bertz CT molecular complexity index is 713. The first-order chi connectivity index (χ1) is 10.9. The van der Waals surface area contributed by atoms with Crippen LogP contribution in [0, 0.1) is 20.8 Å². The Morgan fingerprint density at radius 1 is 1.22 bits per heavy atom. The molecule has 2 aromatic carbocycles. The summed E-state index contributed by atoms with van der Waals surface area (Å²) in [6.07, 6.45) is 0.0348. The van der Waals surface area contributed by atoms with Crippen molar-refractivity contribution in [2.75, 3.05) is 5.32 Å². The lowest BCUT2D eigenvalue weighted by atomic mass is 10.1. The number of amides is 1. The minimum absolute atomic E-state index is 0.168. The molecule has 0 fully saturated rings. The van der Waals surface area contributed by atoms with Crippen LogP contribution in [-0.2, 0) is 4.79 Å². The minimum atomic E-state index is -0.547. The standard InChI is InChI=1S/C19H22ClNO2/c1-5-17(23-18-11-12(2)9-10-13(18)3)19(22)21-16-8-6-7-15(20)14(16)4/h6-11,17H,5H2,1-4H3,(H,21,22)/t17-/m1/s1. The molecule has 1 N–H and O–H groups in total. The normalized spacial score (nSPS) is 11.9. The van der Waals surface area contributed by atoms with Gasteiger partial charge in [-0.2, -0.15) is 0 Å². The zero-order chi connectivity index (χ0) is 17.0. The lowest BCUT2D eigenvalue weighted by Gasteiger charge is -2.19. The van der Waals surface area contributed by atoms with Gasteiger partial charge in [0, 0.05) is 10.7 Å². The highest BCUT2D eigenvalue weighted by Gasteiger charge is 2.20. The molecule has 0 unspecified atom stereocenters. The number of benzene rings is 2. The summed E-state index contributed by atoms with van der Waals surface area (Å²) in [6.45, 7) is 7.79. The molecule has 0 heterocycles. The SMILES string of the molecule is CC[C@@H](Oc1cc(C)ccc1C)C(=O)Nc1cccc(Cl)c1C. The van der Waals surface area contributed by atoms with Crippen molar-refractivity contribution in [3.8, 4) is 5.75 Å². The molecule has 4 heteroatoms. The molecule has 0 saturated heterocycles. The van der Waals surface area contributed by atoms with Crippen LogP contribution in [0.3, 0.4) is 0 Å². The van der Waals surface area contributed by atoms with Crippen LogP contribution in [0.4, 0.5) is 5.69 Å². The molecule has 0 aliphatic heterocycles. The number of hydrogen-bond acceptors (Lipinski definition) is 2. The highest BCUT2D eigenvalue weighted by Crippen LogP contribution is 2.25. The second-order valence-corrected chi connectivity index (χ2v) is 6.09. The van der Waals surface area contributed by atoms with Crippen molar-refractivity contribution >= 4 is 23.2 Å². The van der Waals surface area contributed by atoms with Crippen LogP contribution in [0.15, 0.2) is 36.4 Å². The van der Waals surface area contributed by atoms with Gasteiger partial charge in [0.05, 0.1) is 0 Å². The Hall–Kier alpha value is -2.00. The topological polar surface area (TPSA) is 38.3 Å². The second-order valence-electron chi connectivity index (χ2n) is 5.69. The molecule has 0 spiro atoms. The number of rotatable bonds is 5. The lowest BCUT2D eigenvalue weighted by Crippen LogP contribution is -2.32. The summed E-state index contributed by atoms with van der Waals surface area (Å²) in [6, 6.07) is 11.4. The summed E-state index contributed by atoms with van der Waals surface area (Å²) >= 11 is 6.10. The first-order valence-corrected chi connectivity index (χ1v) is 8.10. The molecule has 23 heavy (non-hydrogen) atoms. The first kappa shape index (κ1) is 17.4. The van der Waals surface area contributed by atoms with Gasteiger partial charge in [-0.15, -0.1) is 0 Å². The maximum atomic E-state index is 12.5. The molecule has 2 aromatic rings. The summed E-state index contributed by atoms with van der Waals surface area (Å²) in [5.74, 6) is 0.577. The van der Waals surface area contributed by atoms with Crippen LogP contribution in [0.5, 0.6) is 5.75 Å². The van der Waals surface area contributed by atoms with Crippen molar-refractivity contribution < 1.29 is 9.53 Å². The average Bonchev–Trinajstić information content (AvgIpc) is 2.52. The van der Waals surface area contributed by atoms with E-state index in [4.69, 9.17) is 16.3 Å². The third-order valence-corrected chi connectivity index (χ3v) is 4.21. The molecule has 0 aliphatic rings. The number of carbonyl (C=O) groups is 1. The quantitative estimate of drug-likeness (QED) is 0.831. The van der Waals surface area contributed by atoms with E-state index >= 15 is 0 Å². The van der Waals surface area contributed by atoms with E-state index in [1.807, 2.05) is 58.0 Å². The number of ether oxygens (including phenoxy) is 1. The van der Waals surface area contributed by atoms with Crippen LogP contribution in [0.2, 0.25) is 5.02 Å². The Kier molecular flexibility index (Phi) is 5.67. The van der Waals surface area contributed by atoms with Gasteiger partial charge >= 0.3 is 0 Å². The van der Waals surface area contributed by atoms with Crippen molar-refractivity contribution in [1.29, 1.82) is 0 Å².